The first-order chi connectivity index (χ1) is 9.60. The first-order valence-electron chi connectivity index (χ1n) is 7.31. The van der Waals surface area contributed by atoms with Gasteiger partial charge in [-0.1, -0.05) is 24.4 Å². The number of rotatable bonds is 2. The van der Waals surface area contributed by atoms with Crippen LogP contribution in [-0.4, -0.2) is 24.0 Å². The van der Waals surface area contributed by atoms with E-state index in [2.05, 4.69) is 9.88 Å². The fourth-order valence-electron chi connectivity index (χ4n) is 3.68. The van der Waals surface area contributed by atoms with Crippen LogP contribution in [0.25, 0.3) is 0 Å². The first-order valence-corrected chi connectivity index (χ1v) is 7.69. The van der Waals surface area contributed by atoms with Crippen LogP contribution in [-0.2, 0) is 0 Å². The van der Waals surface area contributed by atoms with Crippen molar-refractivity contribution in [3.8, 4) is 0 Å². The Balaban J connectivity index is 1.80. The number of nitrogens with zero attached hydrogens (tertiary/aromatic N) is 2. The van der Waals surface area contributed by atoms with Gasteiger partial charge < -0.3 is 10.6 Å². The molecular formula is C15H20ClN3O. The maximum absolute atomic E-state index is 11.5. The lowest BCUT2D eigenvalue weighted by atomic mass is 9.77. The monoisotopic (exact) mass is 293 g/mol. The molecule has 4 nitrogen and oxygen atoms in total. The summed E-state index contributed by atoms with van der Waals surface area (Å²) in [6.45, 7) is 1.88. The van der Waals surface area contributed by atoms with E-state index in [1.54, 1.807) is 12.1 Å². The second-order valence-electron chi connectivity index (χ2n) is 6.06. The SMILES string of the molecule is NC(=O)c1ccc(Cl)nc1N1CCC2(CCCC2)CC1. The van der Waals surface area contributed by atoms with E-state index >= 15 is 0 Å². The summed E-state index contributed by atoms with van der Waals surface area (Å²) in [6, 6.07) is 3.29. The van der Waals surface area contributed by atoms with Crippen LogP contribution in [0.2, 0.25) is 5.15 Å². The van der Waals surface area contributed by atoms with Gasteiger partial charge in [0.1, 0.15) is 11.0 Å². The highest BCUT2D eigenvalue weighted by atomic mass is 35.5. The molecule has 0 unspecified atom stereocenters. The number of halogens is 1. The quantitative estimate of drug-likeness (QED) is 0.853. The molecule has 1 aliphatic carbocycles. The summed E-state index contributed by atoms with van der Waals surface area (Å²) in [5.41, 5.74) is 6.45. The molecule has 3 rings (SSSR count). The van der Waals surface area contributed by atoms with Crippen LogP contribution in [0.4, 0.5) is 5.82 Å². The zero-order valence-corrected chi connectivity index (χ0v) is 12.3. The maximum Gasteiger partial charge on any atom is 0.252 e. The van der Waals surface area contributed by atoms with Gasteiger partial charge in [-0.05, 0) is 43.2 Å². The molecule has 1 spiro atoms. The van der Waals surface area contributed by atoms with Gasteiger partial charge in [-0.3, -0.25) is 4.79 Å². The lowest BCUT2D eigenvalue weighted by Gasteiger charge is -2.40. The highest BCUT2D eigenvalue weighted by Gasteiger charge is 2.37. The molecule has 2 aliphatic rings. The number of piperidine rings is 1. The van der Waals surface area contributed by atoms with Gasteiger partial charge in [0.05, 0.1) is 5.56 Å². The smallest absolute Gasteiger partial charge is 0.252 e. The number of primary amides is 1. The van der Waals surface area contributed by atoms with Crippen molar-refractivity contribution in [1.29, 1.82) is 0 Å². The largest absolute Gasteiger partial charge is 0.365 e. The number of nitrogens with two attached hydrogens (primary N) is 1. The summed E-state index contributed by atoms with van der Waals surface area (Å²) < 4.78 is 0. The topological polar surface area (TPSA) is 59.2 Å². The van der Waals surface area contributed by atoms with E-state index in [9.17, 15) is 4.79 Å². The Morgan fingerprint density at radius 3 is 2.45 bits per heavy atom. The standard InChI is InChI=1S/C15H20ClN3O/c16-12-4-3-11(13(17)20)14(18-12)19-9-7-15(8-10-19)5-1-2-6-15/h3-4H,1-2,5-10H2,(H2,17,20). The molecule has 2 N–H and O–H groups in total. The third-order valence-corrected chi connectivity index (χ3v) is 5.10. The highest BCUT2D eigenvalue weighted by Crippen LogP contribution is 2.46. The normalized spacial score (nSPS) is 21.4. The average molecular weight is 294 g/mol. The Hall–Kier alpha value is -1.29. The molecule has 108 valence electrons. The fraction of sp³-hybridized carbons (Fsp3) is 0.600. The van der Waals surface area contributed by atoms with Crippen LogP contribution in [0.5, 0.6) is 0 Å². The summed E-state index contributed by atoms with van der Waals surface area (Å²) in [5.74, 6) is 0.211. The van der Waals surface area contributed by atoms with Crippen molar-refractivity contribution in [2.24, 2.45) is 11.1 Å². The lowest BCUT2D eigenvalue weighted by Crippen LogP contribution is -2.40. The molecule has 1 saturated heterocycles. The molecule has 5 heteroatoms. The van der Waals surface area contributed by atoms with Crippen molar-refractivity contribution in [3.05, 3.63) is 22.8 Å². The van der Waals surface area contributed by atoms with E-state index < -0.39 is 5.91 Å². The zero-order chi connectivity index (χ0) is 14.2. The maximum atomic E-state index is 11.5. The Kier molecular flexibility index (Phi) is 3.59. The predicted molar refractivity (Wildman–Crippen MR) is 80.1 cm³/mol. The van der Waals surface area contributed by atoms with Gasteiger partial charge in [-0.15, -0.1) is 0 Å². The number of carbonyl (C=O) groups excluding carboxylic acids is 1. The molecule has 0 aromatic carbocycles. The van der Waals surface area contributed by atoms with E-state index in [0.717, 1.165) is 13.1 Å². The van der Waals surface area contributed by atoms with Gasteiger partial charge in [0, 0.05) is 13.1 Å². The summed E-state index contributed by atoms with van der Waals surface area (Å²) in [7, 11) is 0. The van der Waals surface area contributed by atoms with Crippen LogP contribution >= 0.6 is 11.6 Å². The van der Waals surface area contributed by atoms with Crippen molar-refractivity contribution in [2.75, 3.05) is 18.0 Å². The van der Waals surface area contributed by atoms with Crippen LogP contribution in [0.3, 0.4) is 0 Å². The fourth-order valence-corrected chi connectivity index (χ4v) is 3.82. The molecule has 2 fully saturated rings. The molecule has 1 aliphatic heterocycles. The highest BCUT2D eigenvalue weighted by molar-refractivity contribution is 6.29. The molecule has 1 amide bonds. The summed E-state index contributed by atoms with van der Waals surface area (Å²) in [5, 5.41) is 0.408. The van der Waals surface area contributed by atoms with Crippen molar-refractivity contribution < 1.29 is 4.79 Å². The first kappa shape index (κ1) is 13.7. The van der Waals surface area contributed by atoms with Crippen LogP contribution in [0.15, 0.2) is 12.1 Å². The number of hydrogen-bond acceptors (Lipinski definition) is 3. The van der Waals surface area contributed by atoms with Gasteiger partial charge in [0.2, 0.25) is 0 Å². The minimum absolute atomic E-state index is 0.408. The number of hydrogen-bond donors (Lipinski definition) is 1. The molecule has 2 heterocycles. The second kappa shape index (κ2) is 5.24. The van der Waals surface area contributed by atoms with Gasteiger partial charge in [-0.2, -0.15) is 0 Å². The third kappa shape index (κ3) is 2.49. The summed E-state index contributed by atoms with van der Waals surface area (Å²) in [4.78, 5) is 18.0. The molecule has 0 bridgehead atoms. The van der Waals surface area contributed by atoms with E-state index in [4.69, 9.17) is 17.3 Å². The van der Waals surface area contributed by atoms with Crippen molar-refractivity contribution in [1.82, 2.24) is 4.98 Å². The van der Waals surface area contributed by atoms with Gasteiger partial charge in [0.15, 0.2) is 0 Å². The lowest BCUT2D eigenvalue weighted by molar-refractivity contribution is 0.1000. The van der Waals surface area contributed by atoms with Gasteiger partial charge in [0.25, 0.3) is 5.91 Å². The number of anilines is 1. The molecule has 0 radical (unpaired) electrons. The summed E-state index contributed by atoms with van der Waals surface area (Å²) >= 11 is 5.97. The molecule has 1 aromatic heterocycles. The third-order valence-electron chi connectivity index (χ3n) is 4.89. The van der Waals surface area contributed by atoms with E-state index in [1.165, 1.54) is 38.5 Å². The average Bonchev–Trinajstić information content (AvgIpc) is 2.87. The molecule has 20 heavy (non-hydrogen) atoms. The van der Waals surface area contributed by atoms with Crippen molar-refractivity contribution >= 4 is 23.3 Å². The minimum atomic E-state index is -0.440. The molecule has 1 aromatic rings. The Bertz CT molecular complexity index is 516. The molecular weight excluding hydrogens is 274 g/mol. The van der Waals surface area contributed by atoms with Gasteiger partial charge >= 0.3 is 0 Å². The van der Waals surface area contributed by atoms with E-state index in [-0.39, 0.29) is 0 Å². The van der Waals surface area contributed by atoms with Gasteiger partial charge in [-0.25, -0.2) is 4.98 Å². The van der Waals surface area contributed by atoms with Crippen molar-refractivity contribution in [3.63, 3.8) is 0 Å². The van der Waals surface area contributed by atoms with Crippen LogP contribution in [0.1, 0.15) is 48.9 Å². The number of carbonyl (C=O) groups is 1. The van der Waals surface area contributed by atoms with E-state index in [0.29, 0.717) is 21.9 Å². The number of pyridine rings is 1. The van der Waals surface area contributed by atoms with E-state index in [1.807, 2.05) is 0 Å². The Morgan fingerprint density at radius 1 is 1.20 bits per heavy atom. The Labute approximate surface area is 124 Å². The predicted octanol–water partition coefficient (Wildman–Crippen LogP) is 2.99. The summed E-state index contributed by atoms with van der Waals surface area (Å²) in [6.07, 6.45) is 7.79. The zero-order valence-electron chi connectivity index (χ0n) is 11.6. The molecule has 1 saturated carbocycles. The Morgan fingerprint density at radius 2 is 1.85 bits per heavy atom. The van der Waals surface area contributed by atoms with Crippen LogP contribution < -0.4 is 10.6 Å². The molecule has 0 atom stereocenters. The number of amides is 1. The minimum Gasteiger partial charge on any atom is -0.365 e. The number of aromatic nitrogens is 1. The van der Waals surface area contributed by atoms with Crippen LogP contribution in [0, 0.1) is 5.41 Å². The second-order valence-corrected chi connectivity index (χ2v) is 6.45. The van der Waals surface area contributed by atoms with Crippen molar-refractivity contribution in [2.45, 2.75) is 38.5 Å².